The fourth-order valence-electron chi connectivity index (χ4n) is 3.73. The van der Waals surface area contributed by atoms with Gasteiger partial charge in [0, 0.05) is 38.4 Å². The maximum atomic E-state index is 11.8. The number of rotatable bonds is 9. The topological polar surface area (TPSA) is 71.4 Å². The molecule has 0 saturated heterocycles. The number of aromatic nitrogens is 2. The van der Waals surface area contributed by atoms with Crippen LogP contribution in [0.25, 0.3) is 0 Å². The summed E-state index contributed by atoms with van der Waals surface area (Å²) in [5.74, 6) is 1.08. The Balaban J connectivity index is 1.93. The van der Waals surface area contributed by atoms with Crippen LogP contribution >= 0.6 is 12.2 Å². The van der Waals surface area contributed by atoms with Crippen LogP contribution in [0.5, 0.6) is 0 Å². The van der Waals surface area contributed by atoms with Gasteiger partial charge in [0.1, 0.15) is 16.3 Å². The van der Waals surface area contributed by atoms with Crippen molar-refractivity contribution in [3.8, 4) is 0 Å². The van der Waals surface area contributed by atoms with Crippen LogP contribution < -0.4 is 15.5 Å². The van der Waals surface area contributed by atoms with Gasteiger partial charge in [0.15, 0.2) is 0 Å². The van der Waals surface area contributed by atoms with E-state index in [1.807, 2.05) is 25.5 Å². The Labute approximate surface area is 193 Å². The van der Waals surface area contributed by atoms with Crippen molar-refractivity contribution < 1.29 is 9.53 Å². The molecule has 0 unspecified atom stereocenters. The number of thiocarbonyl (C=S) groups is 1. The molecule has 8 heteroatoms. The summed E-state index contributed by atoms with van der Waals surface area (Å²) in [6.07, 6.45) is 4.68. The summed E-state index contributed by atoms with van der Waals surface area (Å²) in [7, 11) is 0. The third-order valence-corrected chi connectivity index (χ3v) is 5.17. The van der Waals surface area contributed by atoms with Crippen molar-refractivity contribution in [1.82, 2.24) is 20.4 Å². The lowest BCUT2D eigenvalue weighted by atomic mass is 10.1. The highest BCUT2D eigenvalue weighted by Crippen LogP contribution is 2.25. The van der Waals surface area contributed by atoms with E-state index in [-0.39, 0.29) is 12.1 Å². The zero-order chi connectivity index (χ0) is 23.2. The van der Waals surface area contributed by atoms with Crippen LogP contribution in [0.1, 0.15) is 73.4 Å². The number of carbonyl (C=O) groups excluding carboxylic acids is 1. The van der Waals surface area contributed by atoms with Gasteiger partial charge in [0.25, 0.3) is 0 Å². The first kappa shape index (κ1) is 25.4. The summed E-state index contributed by atoms with van der Waals surface area (Å²) in [4.78, 5) is 14.9. The molecule has 2 heterocycles. The quantitative estimate of drug-likeness (QED) is 0.430. The molecule has 176 valence electrons. The normalized spacial score (nSPS) is 16.9. The van der Waals surface area contributed by atoms with Crippen LogP contribution in [-0.4, -0.2) is 52.1 Å². The van der Waals surface area contributed by atoms with E-state index in [2.05, 4.69) is 49.4 Å². The van der Waals surface area contributed by atoms with Gasteiger partial charge in [-0.3, -0.25) is 4.68 Å². The van der Waals surface area contributed by atoms with Crippen molar-refractivity contribution in [2.24, 2.45) is 11.8 Å². The highest BCUT2D eigenvalue weighted by atomic mass is 32.1. The number of hydrogen-bond acceptors (Lipinski definition) is 5. The number of alkyl carbamates (subject to hydrolysis) is 1. The molecule has 1 aliphatic rings. The lowest BCUT2D eigenvalue weighted by molar-refractivity contribution is 0.0527. The molecule has 1 amide bonds. The van der Waals surface area contributed by atoms with Crippen molar-refractivity contribution in [3.05, 3.63) is 11.9 Å². The van der Waals surface area contributed by atoms with E-state index in [0.717, 1.165) is 55.3 Å². The molecule has 2 rings (SSSR count). The fraction of sp³-hybridized carbons (Fsp3) is 0.783. The van der Waals surface area contributed by atoms with E-state index in [9.17, 15) is 4.79 Å². The van der Waals surface area contributed by atoms with Crippen LogP contribution in [-0.2, 0) is 11.3 Å². The van der Waals surface area contributed by atoms with Gasteiger partial charge >= 0.3 is 6.09 Å². The Morgan fingerprint density at radius 2 is 1.94 bits per heavy atom. The summed E-state index contributed by atoms with van der Waals surface area (Å²) in [6.45, 7) is 17.9. The predicted octanol–water partition coefficient (Wildman–Crippen LogP) is 4.34. The van der Waals surface area contributed by atoms with E-state index in [1.165, 1.54) is 0 Å². The second kappa shape index (κ2) is 11.2. The molecule has 1 aromatic rings. The summed E-state index contributed by atoms with van der Waals surface area (Å²) >= 11 is 5.72. The average molecular weight is 452 g/mol. The van der Waals surface area contributed by atoms with Crippen LogP contribution in [0.15, 0.2) is 6.20 Å². The molecule has 0 aliphatic carbocycles. The lowest BCUT2D eigenvalue weighted by Crippen LogP contribution is -2.41. The van der Waals surface area contributed by atoms with Gasteiger partial charge in [0.05, 0.1) is 5.69 Å². The minimum absolute atomic E-state index is 0.264. The lowest BCUT2D eigenvalue weighted by Gasteiger charge is -2.28. The largest absolute Gasteiger partial charge is 0.444 e. The fourth-order valence-corrected chi connectivity index (χ4v) is 4.04. The zero-order valence-corrected chi connectivity index (χ0v) is 21.1. The van der Waals surface area contributed by atoms with E-state index in [1.54, 1.807) is 0 Å². The first-order chi connectivity index (χ1) is 14.4. The first-order valence-corrected chi connectivity index (χ1v) is 12.0. The second-order valence-electron chi connectivity index (χ2n) is 10.4. The van der Waals surface area contributed by atoms with Gasteiger partial charge in [-0.05, 0) is 51.9 Å². The summed E-state index contributed by atoms with van der Waals surface area (Å²) < 4.78 is 7.31. The molecule has 0 saturated carbocycles. The summed E-state index contributed by atoms with van der Waals surface area (Å²) in [6, 6.07) is 0.264. The van der Waals surface area contributed by atoms with E-state index >= 15 is 0 Å². The third kappa shape index (κ3) is 8.67. The van der Waals surface area contributed by atoms with Crippen molar-refractivity contribution in [3.63, 3.8) is 0 Å². The number of nitrogens with zero attached hydrogens (tertiary/aromatic N) is 3. The van der Waals surface area contributed by atoms with Gasteiger partial charge in [-0.15, -0.1) is 0 Å². The molecule has 0 fully saturated rings. The van der Waals surface area contributed by atoms with Crippen LogP contribution in [0.4, 0.5) is 10.5 Å². The Hall–Kier alpha value is -1.83. The van der Waals surface area contributed by atoms with Crippen molar-refractivity contribution >= 4 is 29.0 Å². The first-order valence-electron chi connectivity index (χ1n) is 11.5. The maximum absolute atomic E-state index is 11.8. The molecule has 0 radical (unpaired) electrons. The predicted molar refractivity (Wildman–Crippen MR) is 131 cm³/mol. The van der Waals surface area contributed by atoms with Gasteiger partial charge in [-0.2, -0.15) is 5.10 Å². The second-order valence-corrected chi connectivity index (χ2v) is 10.8. The Morgan fingerprint density at radius 3 is 2.55 bits per heavy atom. The SMILES string of the molecule is CC(C)CN1C[C@H](CCCCNC(=O)OC(C)(C)C)NC(=S)c2nn(CC(C)C)cc21. The molecule has 1 aromatic heterocycles. The molecule has 0 aromatic carbocycles. The number of amides is 1. The summed E-state index contributed by atoms with van der Waals surface area (Å²) in [5.41, 5.74) is 1.57. The minimum atomic E-state index is -0.468. The standard InChI is InChI=1S/C23H41N5O2S/c1-16(2)12-27-14-18(10-8-9-11-24-22(29)30-23(5,6)7)25-21(31)20-19(27)15-28(26-20)13-17(3)4/h15-18H,8-14H2,1-7H3,(H,24,29)(H,25,31)/t18-/m0/s1. The highest BCUT2D eigenvalue weighted by Gasteiger charge is 2.27. The van der Waals surface area contributed by atoms with Gasteiger partial charge in [0.2, 0.25) is 0 Å². The van der Waals surface area contributed by atoms with Gasteiger partial charge < -0.3 is 20.3 Å². The number of nitrogens with one attached hydrogen (secondary N) is 2. The van der Waals surface area contributed by atoms with E-state index in [0.29, 0.717) is 18.4 Å². The Morgan fingerprint density at radius 1 is 1.26 bits per heavy atom. The molecule has 0 bridgehead atoms. The zero-order valence-electron chi connectivity index (χ0n) is 20.3. The number of fused-ring (bicyclic) bond motifs is 1. The van der Waals surface area contributed by atoms with E-state index in [4.69, 9.17) is 22.1 Å². The van der Waals surface area contributed by atoms with Crippen LogP contribution in [0.3, 0.4) is 0 Å². The number of ether oxygens (including phenoxy) is 1. The highest BCUT2D eigenvalue weighted by molar-refractivity contribution is 7.80. The van der Waals surface area contributed by atoms with Crippen LogP contribution in [0, 0.1) is 11.8 Å². The Kier molecular flexibility index (Phi) is 9.15. The molecule has 0 spiro atoms. The number of hydrogen-bond donors (Lipinski definition) is 2. The van der Waals surface area contributed by atoms with Crippen molar-refractivity contribution in [1.29, 1.82) is 0 Å². The molecule has 1 atom stereocenters. The summed E-state index contributed by atoms with van der Waals surface area (Å²) in [5, 5.41) is 11.2. The molecular formula is C23H41N5O2S. The number of carbonyl (C=O) groups is 1. The Bertz CT molecular complexity index is 739. The van der Waals surface area contributed by atoms with Crippen LogP contribution in [0.2, 0.25) is 0 Å². The molecule has 31 heavy (non-hydrogen) atoms. The third-order valence-electron chi connectivity index (χ3n) is 4.86. The van der Waals surface area contributed by atoms with Gasteiger partial charge in [-0.1, -0.05) is 39.9 Å². The smallest absolute Gasteiger partial charge is 0.407 e. The molecular weight excluding hydrogens is 410 g/mol. The minimum Gasteiger partial charge on any atom is -0.444 e. The number of anilines is 1. The monoisotopic (exact) mass is 451 g/mol. The van der Waals surface area contributed by atoms with Gasteiger partial charge in [-0.25, -0.2) is 4.79 Å². The maximum Gasteiger partial charge on any atom is 0.407 e. The number of unbranched alkanes of at least 4 members (excludes halogenated alkanes) is 1. The van der Waals surface area contributed by atoms with Crippen molar-refractivity contribution in [2.45, 2.75) is 85.9 Å². The van der Waals surface area contributed by atoms with Crippen molar-refractivity contribution in [2.75, 3.05) is 24.5 Å². The molecule has 2 N–H and O–H groups in total. The van der Waals surface area contributed by atoms with E-state index < -0.39 is 5.60 Å². The molecule has 1 aliphatic heterocycles. The average Bonchev–Trinajstić information content (AvgIpc) is 2.97. The molecule has 7 nitrogen and oxygen atoms in total.